The number of carbonyl (C=O) groups is 2. The molecule has 1 aromatic carbocycles. The van der Waals surface area contributed by atoms with Crippen molar-refractivity contribution in [1.29, 1.82) is 0 Å². The number of carbonyl (C=O) groups excluding carboxylic acids is 2. The van der Waals surface area contributed by atoms with Crippen LogP contribution < -0.4 is 0 Å². The molecule has 0 N–H and O–H groups in total. The van der Waals surface area contributed by atoms with Gasteiger partial charge in [0.2, 0.25) is 11.8 Å². The molecule has 1 fully saturated rings. The Balaban J connectivity index is 1.79. The standard InChI is InChI=1S/C26H33N3O2/c1-4-14-28-15-16-29(25(30)21(5-2)6-3)19-24(26(28)31)17-20-9-11-22(12-10-20)23-8-7-13-27-18-23/h4,7-13,18,21,24H,1,5-6,14-17,19H2,2-3H3/t24-/m0/s1. The Morgan fingerprint density at radius 2 is 1.90 bits per heavy atom. The number of rotatable bonds is 8. The van der Waals surface area contributed by atoms with Gasteiger partial charge in [0, 0.05) is 44.5 Å². The van der Waals surface area contributed by atoms with Crippen molar-refractivity contribution in [2.75, 3.05) is 26.2 Å². The Hall–Kier alpha value is -2.95. The van der Waals surface area contributed by atoms with Crippen molar-refractivity contribution < 1.29 is 9.59 Å². The molecule has 5 heteroatoms. The summed E-state index contributed by atoms with van der Waals surface area (Å²) in [6, 6.07) is 12.2. The highest BCUT2D eigenvalue weighted by Gasteiger charge is 2.33. The quantitative estimate of drug-likeness (QED) is 0.603. The minimum Gasteiger partial charge on any atom is -0.340 e. The molecule has 1 saturated heterocycles. The van der Waals surface area contributed by atoms with E-state index in [4.69, 9.17) is 0 Å². The molecule has 2 heterocycles. The lowest BCUT2D eigenvalue weighted by Crippen LogP contribution is -2.40. The van der Waals surface area contributed by atoms with Crippen molar-refractivity contribution in [3.63, 3.8) is 0 Å². The molecule has 164 valence electrons. The molecular weight excluding hydrogens is 386 g/mol. The van der Waals surface area contributed by atoms with Gasteiger partial charge in [0.05, 0.1) is 5.92 Å². The van der Waals surface area contributed by atoms with Crippen LogP contribution in [-0.2, 0) is 16.0 Å². The van der Waals surface area contributed by atoms with Crippen LogP contribution >= 0.6 is 0 Å². The van der Waals surface area contributed by atoms with Crippen LogP contribution in [0, 0.1) is 11.8 Å². The maximum Gasteiger partial charge on any atom is 0.228 e. The van der Waals surface area contributed by atoms with Gasteiger partial charge in [-0.05, 0) is 42.0 Å². The molecular formula is C26H33N3O2. The highest BCUT2D eigenvalue weighted by atomic mass is 16.2. The van der Waals surface area contributed by atoms with E-state index < -0.39 is 0 Å². The minimum absolute atomic E-state index is 0.0282. The average molecular weight is 420 g/mol. The van der Waals surface area contributed by atoms with E-state index in [-0.39, 0.29) is 23.7 Å². The Morgan fingerprint density at radius 1 is 1.16 bits per heavy atom. The summed E-state index contributed by atoms with van der Waals surface area (Å²) in [5.41, 5.74) is 3.27. The molecule has 0 bridgehead atoms. The third-order valence-corrected chi connectivity index (χ3v) is 6.17. The normalized spacial score (nSPS) is 17.0. The number of nitrogens with zero attached hydrogens (tertiary/aromatic N) is 3. The van der Waals surface area contributed by atoms with Crippen molar-refractivity contribution in [3.8, 4) is 11.1 Å². The third-order valence-electron chi connectivity index (χ3n) is 6.17. The van der Waals surface area contributed by atoms with E-state index >= 15 is 0 Å². The Labute approximate surface area is 185 Å². The number of amides is 2. The largest absolute Gasteiger partial charge is 0.340 e. The molecule has 1 aliphatic heterocycles. The summed E-state index contributed by atoms with van der Waals surface area (Å²) in [6.07, 6.45) is 7.65. The fraction of sp³-hybridized carbons (Fsp3) is 0.423. The van der Waals surface area contributed by atoms with Crippen LogP contribution in [0.25, 0.3) is 11.1 Å². The Bertz CT molecular complexity index is 875. The molecule has 5 nitrogen and oxygen atoms in total. The first-order chi connectivity index (χ1) is 15.1. The summed E-state index contributed by atoms with van der Waals surface area (Å²) < 4.78 is 0. The minimum atomic E-state index is -0.245. The summed E-state index contributed by atoms with van der Waals surface area (Å²) >= 11 is 0. The van der Waals surface area contributed by atoms with Crippen molar-refractivity contribution >= 4 is 11.8 Å². The van der Waals surface area contributed by atoms with Gasteiger partial charge in [-0.15, -0.1) is 6.58 Å². The van der Waals surface area contributed by atoms with E-state index in [2.05, 4.69) is 49.7 Å². The van der Waals surface area contributed by atoms with E-state index in [0.29, 0.717) is 32.6 Å². The maximum atomic E-state index is 13.2. The summed E-state index contributed by atoms with van der Waals surface area (Å²) in [6.45, 7) is 10.1. The highest BCUT2D eigenvalue weighted by molar-refractivity contribution is 5.83. The summed E-state index contributed by atoms with van der Waals surface area (Å²) in [5.74, 6) is 0.0664. The monoisotopic (exact) mass is 419 g/mol. The smallest absolute Gasteiger partial charge is 0.228 e. The van der Waals surface area contributed by atoms with Crippen LogP contribution in [-0.4, -0.2) is 52.8 Å². The summed E-state index contributed by atoms with van der Waals surface area (Å²) in [4.78, 5) is 34.2. The number of pyridine rings is 1. The molecule has 0 aliphatic carbocycles. The lowest BCUT2D eigenvalue weighted by Gasteiger charge is -2.26. The zero-order valence-electron chi connectivity index (χ0n) is 18.7. The molecule has 0 spiro atoms. The van der Waals surface area contributed by atoms with Crippen LogP contribution in [0.5, 0.6) is 0 Å². The van der Waals surface area contributed by atoms with Gasteiger partial charge >= 0.3 is 0 Å². The first kappa shape index (κ1) is 22.7. The van der Waals surface area contributed by atoms with Gasteiger partial charge in [0.15, 0.2) is 0 Å². The number of hydrogen-bond acceptors (Lipinski definition) is 3. The van der Waals surface area contributed by atoms with Crippen molar-refractivity contribution in [2.45, 2.75) is 33.1 Å². The van der Waals surface area contributed by atoms with Crippen LogP contribution in [0.4, 0.5) is 0 Å². The van der Waals surface area contributed by atoms with Crippen LogP contribution in [0.1, 0.15) is 32.3 Å². The molecule has 2 amide bonds. The van der Waals surface area contributed by atoms with Gasteiger partial charge in [-0.3, -0.25) is 14.6 Å². The topological polar surface area (TPSA) is 53.5 Å². The first-order valence-electron chi connectivity index (χ1n) is 11.2. The summed E-state index contributed by atoms with van der Waals surface area (Å²) in [7, 11) is 0. The van der Waals surface area contributed by atoms with E-state index in [1.165, 1.54) is 0 Å². The second-order valence-corrected chi connectivity index (χ2v) is 8.21. The molecule has 0 saturated carbocycles. The van der Waals surface area contributed by atoms with Gasteiger partial charge in [-0.1, -0.05) is 50.3 Å². The number of benzene rings is 1. The molecule has 1 aliphatic rings. The molecule has 0 radical (unpaired) electrons. The van der Waals surface area contributed by atoms with Gasteiger partial charge in [0.25, 0.3) is 0 Å². The van der Waals surface area contributed by atoms with Gasteiger partial charge < -0.3 is 9.80 Å². The lowest BCUT2D eigenvalue weighted by atomic mass is 9.95. The van der Waals surface area contributed by atoms with Crippen LogP contribution in [0.15, 0.2) is 61.4 Å². The molecule has 3 rings (SSSR count). The SMILES string of the molecule is C=CCN1CCN(C(=O)C(CC)CC)C[C@H](Cc2ccc(-c3cccnc3)cc2)C1=O. The van der Waals surface area contributed by atoms with Crippen LogP contribution in [0.3, 0.4) is 0 Å². The maximum absolute atomic E-state index is 13.2. The van der Waals surface area contributed by atoms with E-state index in [0.717, 1.165) is 29.5 Å². The molecule has 2 aromatic rings. The lowest BCUT2D eigenvalue weighted by molar-refractivity contribution is -0.136. The molecule has 1 aromatic heterocycles. The summed E-state index contributed by atoms with van der Waals surface area (Å²) in [5, 5.41) is 0. The van der Waals surface area contributed by atoms with Crippen LogP contribution in [0.2, 0.25) is 0 Å². The number of hydrogen-bond donors (Lipinski definition) is 0. The second kappa shape index (κ2) is 10.9. The first-order valence-corrected chi connectivity index (χ1v) is 11.2. The van der Waals surface area contributed by atoms with Gasteiger partial charge in [0.1, 0.15) is 0 Å². The average Bonchev–Trinajstić information content (AvgIpc) is 2.95. The van der Waals surface area contributed by atoms with E-state index in [1.54, 1.807) is 12.3 Å². The molecule has 0 unspecified atom stereocenters. The number of aromatic nitrogens is 1. The van der Waals surface area contributed by atoms with E-state index in [9.17, 15) is 9.59 Å². The fourth-order valence-corrected chi connectivity index (χ4v) is 4.28. The van der Waals surface area contributed by atoms with Crippen molar-refractivity contribution in [3.05, 3.63) is 67.0 Å². The second-order valence-electron chi connectivity index (χ2n) is 8.21. The van der Waals surface area contributed by atoms with Crippen molar-refractivity contribution in [1.82, 2.24) is 14.8 Å². The highest BCUT2D eigenvalue weighted by Crippen LogP contribution is 2.23. The molecule has 31 heavy (non-hydrogen) atoms. The van der Waals surface area contributed by atoms with Gasteiger partial charge in [-0.25, -0.2) is 0 Å². The Morgan fingerprint density at radius 3 is 2.52 bits per heavy atom. The fourth-order valence-electron chi connectivity index (χ4n) is 4.28. The molecule has 1 atom stereocenters. The Kier molecular flexibility index (Phi) is 7.99. The van der Waals surface area contributed by atoms with Gasteiger partial charge in [-0.2, -0.15) is 0 Å². The predicted molar refractivity (Wildman–Crippen MR) is 124 cm³/mol. The third kappa shape index (κ3) is 5.60. The zero-order valence-corrected chi connectivity index (χ0v) is 18.7. The predicted octanol–water partition coefficient (Wildman–Crippen LogP) is 4.20. The zero-order chi connectivity index (χ0) is 22.2. The van der Waals surface area contributed by atoms with E-state index in [1.807, 2.05) is 28.1 Å². The van der Waals surface area contributed by atoms with Crippen molar-refractivity contribution in [2.24, 2.45) is 11.8 Å².